The van der Waals surface area contributed by atoms with Gasteiger partial charge in [-0.25, -0.2) is 0 Å². The molecule has 16 heavy (non-hydrogen) atoms. The summed E-state index contributed by atoms with van der Waals surface area (Å²) in [6, 6.07) is 1.56. The Morgan fingerprint density at radius 3 is 2.62 bits per heavy atom. The van der Waals surface area contributed by atoms with Crippen molar-refractivity contribution < 1.29 is 0 Å². The Balaban J connectivity index is 2.06. The van der Waals surface area contributed by atoms with Crippen LogP contribution >= 0.6 is 0 Å². The van der Waals surface area contributed by atoms with Gasteiger partial charge in [0.2, 0.25) is 0 Å². The van der Waals surface area contributed by atoms with E-state index in [1.165, 1.54) is 32.2 Å². The van der Waals surface area contributed by atoms with Crippen LogP contribution in [0.25, 0.3) is 0 Å². The zero-order valence-electron chi connectivity index (χ0n) is 11.4. The van der Waals surface area contributed by atoms with Crippen LogP contribution in [-0.2, 0) is 0 Å². The maximum atomic E-state index is 3.72. The molecule has 1 aliphatic heterocycles. The molecule has 1 N–H and O–H groups in total. The van der Waals surface area contributed by atoms with Gasteiger partial charge in [0.25, 0.3) is 0 Å². The van der Waals surface area contributed by atoms with Crippen LogP contribution in [-0.4, -0.2) is 35.6 Å². The van der Waals surface area contributed by atoms with E-state index >= 15 is 0 Å². The summed E-state index contributed by atoms with van der Waals surface area (Å²) < 4.78 is 0. The van der Waals surface area contributed by atoms with Crippen molar-refractivity contribution in [2.24, 2.45) is 5.92 Å². The molecule has 94 valence electrons. The number of piperazine rings is 1. The zero-order valence-corrected chi connectivity index (χ0v) is 11.4. The Hall–Kier alpha value is -0.0800. The molecule has 2 fully saturated rings. The molecule has 2 rings (SSSR count). The topological polar surface area (TPSA) is 15.3 Å². The van der Waals surface area contributed by atoms with Crippen molar-refractivity contribution in [3.8, 4) is 0 Å². The fourth-order valence-electron chi connectivity index (χ4n) is 3.43. The van der Waals surface area contributed by atoms with E-state index in [0.29, 0.717) is 11.6 Å². The van der Waals surface area contributed by atoms with Gasteiger partial charge >= 0.3 is 0 Å². The van der Waals surface area contributed by atoms with E-state index in [0.717, 1.165) is 18.5 Å². The van der Waals surface area contributed by atoms with E-state index in [1.54, 1.807) is 0 Å². The van der Waals surface area contributed by atoms with Gasteiger partial charge in [-0.3, -0.25) is 4.90 Å². The van der Waals surface area contributed by atoms with Crippen LogP contribution in [0.5, 0.6) is 0 Å². The van der Waals surface area contributed by atoms with Crippen molar-refractivity contribution in [1.29, 1.82) is 0 Å². The molecule has 0 aromatic heterocycles. The minimum atomic E-state index is 0.342. The predicted octanol–water partition coefficient (Wildman–Crippen LogP) is 2.64. The molecule has 2 aliphatic rings. The normalized spacial score (nSPS) is 46.1. The van der Waals surface area contributed by atoms with Crippen LogP contribution in [0, 0.1) is 5.92 Å². The van der Waals surface area contributed by atoms with Crippen LogP contribution < -0.4 is 5.32 Å². The summed E-state index contributed by atoms with van der Waals surface area (Å²) in [6.45, 7) is 11.9. The number of hydrogen-bond donors (Lipinski definition) is 1. The Bertz CT molecular complexity index is 241. The van der Waals surface area contributed by atoms with Crippen LogP contribution in [0.4, 0.5) is 0 Å². The van der Waals surface area contributed by atoms with Gasteiger partial charge in [-0.2, -0.15) is 0 Å². The van der Waals surface area contributed by atoms with E-state index in [-0.39, 0.29) is 0 Å². The second kappa shape index (κ2) is 4.66. The molecule has 2 nitrogen and oxygen atoms in total. The first-order valence-electron chi connectivity index (χ1n) is 7.06. The van der Waals surface area contributed by atoms with Crippen LogP contribution in [0.1, 0.15) is 53.4 Å². The van der Waals surface area contributed by atoms with Crippen molar-refractivity contribution in [2.45, 2.75) is 71.0 Å². The molecule has 0 bridgehead atoms. The average molecular weight is 224 g/mol. The lowest BCUT2D eigenvalue weighted by Gasteiger charge is -2.48. The van der Waals surface area contributed by atoms with Gasteiger partial charge in [-0.15, -0.1) is 0 Å². The molecular formula is C14H28N2. The van der Waals surface area contributed by atoms with Gasteiger partial charge in [-0.05, 0) is 39.0 Å². The first-order valence-corrected chi connectivity index (χ1v) is 7.06. The van der Waals surface area contributed by atoms with Crippen LogP contribution in [0.15, 0.2) is 0 Å². The monoisotopic (exact) mass is 224 g/mol. The number of nitrogens with one attached hydrogen (secondary N) is 1. The van der Waals surface area contributed by atoms with Gasteiger partial charge in [0.15, 0.2) is 0 Å². The highest BCUT2D eigenvalue weighted by molar-refractivity contribution is 4.97. The van der Waals surface area contributed by atoms with Gasteiger partial charge < -0.3 is 5.32 Å². The maximum absolute atomic E-state index is 3.72. The molecule has 0 amide bonds. The van der Waals surface area contributed by atoms with Crippen LogP contribution in [0.3, 0.4) is 0 Å². The third kappa shape index (κ3) is 2.28. The first-order chi connectivity index (χ1) is 7.56. The fourth-order valence-corrected chi connectivity index (χ4v) is 3.43. The van der Waals surface area contributed by atoms with E-state index < -0.39 is 0 Å². The molecule has 0 aromatic carbocycles. The summed E-state index contributed by atoms with van der Waals surface area (Å²) >= 11 is 0. The molecule has 1 aliphatic carbocycles. The smallest absolute Gasteiger partial charge is 0.0278 e. The maximum Gasteiger partial charge on any atom is 0.0278 e. The predicted molar refractivity (Wildman–Crippen MR) is 69.7 cm³/mol. The minimum Gasteiger partial charge on any atom is -0.309 e. The minimum absolute atomic E-state index is 0.342. The second-order valence-corrected chi connectivity index (χ2v) is 6.29. The van der Waals surface area contributed by atoms with Gasteiger partial charge in [-0.1, -0.05) is 20.3 Å². The molecular weight excluding hydrogens is 196 g/mol. The highest BCUT2D eigenvalue weighted by atomic mass is 15.3. The fraction of sp³-hybridized carbons (Fsp3) is 1.00. The lowest BCUT2D eigenvalue weighted by Crippen LogP contribution is -2.64. The van der Waals surface area contributed by atoms with Crippen molar-refractivity contribution in [1.82, 2.24) is 10.2 Å². The van der Waals surface area contributed by atoms with Crippen molar-refractivity contribution in [3.05, 3.63) is 0 Å². The lowest BCUT2D eigenvalue weighted by molar-refractivity contribution is 0.0412. The lowest BCUT2D eigenvalue weighted by atomic mass is 9.91. The highest BCUT2D eigenvalue weighted by Gasteiger charge is 2.39. The molecule has 4 unspecified atom stereocenters. The SMILES string of the molecule is CCC1(C)CN(C2CCCC2C)C(C)CN1. The summed E-state index contributed by atoms with van der Waals surface area (Å²) in [5, 5.41) is 3.72. The molecule has 0 aromatic rings. The Labute approximate surface area is 101 Å². The molecule has 0 spiro atoms. The summed E-state index contributed by atoms with van der Waals surface area (Å²) in [7, 11) is 0. The van der Waals surface area contributed by atoms with E-state index in [9.17, 15) is 0 Å². The summed E-state index contributed by atoms with van der Waals surface area (Å²) in [6.07, 6.45) is 5.53. The molecule has 0 radical (unpaired) electrons. The second-order valence-electron chi connectivity index (χ2n) is 6.29. The quantitative estimate of drug-likeness (QED) is 0.776. The zero-order chi connectivity index (χ0) is 11.8. The van der Waals surface area contributed by atoms with Gasteiger partial charge in [0, 0.05) is 30.7 Å². The molecule has 1 saturated heterocycles. The third-order valence-electron chi connectivity index (χ3n) is 4.94. The Kier molecular flexibility index (Phi) is 3.60. The Morgan fingerprint density at radius 1 is 1.31 bits per heavy atom. The van der Waals surface area contributed by atoms with E-state index in [2.05, 4.69) is 37.9 Å². The highest BCUT2D eigenvalue weighted by Crippen LogP contribution is 2.33. The van der Waals surface area contributed by atoms with Crippen LogP contribution in [0.2, 0.25) is 0 Å². The molecule has 2 heteroatoms. The van der Waals surface area contributed by atoms with Crippen molar-refractivity contribution in [2.75, 3.05) is 13.1 Å². The van der Waals surface area contributed by atoms with Crippen molar-refractivity contribution in [3.63, 3.8) is 0 Å². The van der Waals surface area contributed by atoms with Gasteiger partial charge in [0.1, 0.15) is 0 Å². The third-order valence-corrected chi connectivity index (χ3v) is 4.94. The summed E-state index contributed by atoms with van der Waals surface area (Å²) in [4.78, 5) is 2.79. The number of hydrogen-bond acceptors (Lipinski definition) is 2. The summed E-state index contributed by atoms with van der Waals surface area (Å²) in [5.41, 5.74) is 0.342. The molecule has 1 heterocycles. The molecule has 1 saturated carbocycles. The van der Waals surface area contributed by atoms with Gasteiger partial charge in [0.05, 0.1) is 0 Å². The Morgan fingerprint density at radius 2 is 2.06 bits per heavy atom. The largest absolute Gasteiger partial charge is 0.309 e. The standard InChI is InChI=1S/C14H28N2/c1-5-14(4)10-16(12(3)9-15-14)13-8-6-7-11(13)2/h11-13,15H,5-10H2,1-4H3. The van der Waals surface area contributed by atoms with Crippen molar-refractivity contribution >= 4 is 0 Å². The molecule has 4 atom stereocenters. The first kappa shape index (κ1) is 12.4. The number of rotatable bonds is 2. The van der Waals surface area contributed by atoms with E-state index in [1.807, 2.05) is 0 Å². The average Bonchev–Trinajstić information content (AvgIpc) is 2.69. The van der Waals surface area contributed by atoms with E-state index in [4.69, 9.17) is 0 Å². The summed E-state index contributed by atoms with van der Waals surface area (Å²) in [5.74, 6) is 0.904. The number of nitrogens with zero attached hydrogens (tertiary/aromatic N) is 1.